The number of hydrogen-bond acceptors (Lipinski definition) is 2. The van der Waals surface area contributed by atoms with Gasteiger partial charge in [-0.05, 0) is 31.0 Å². The second kappa shape index (κ2) is 4.99. The summed E-state index contributed by atoms with van der Waals surface area (Å²) < 4.78 is 14.8. The van der Waals surface area contributed by atoms with Crippen molar-refractivity contribution in [3.63, 3.8) is 0 Å². The summed E-state index contributed by atoms with van der Waals surface area (Å²) in [6, 6.07) is 6.62. The Balaban J connectivity index is 2.04. The minimum Gasteiger partial charge on any atom is -0.359 e. The average molecular weight is 233 g/mol. The van der Waals surface area contributed by atoms with Crippen LogP contribution in [0, 0.1) is 12.7 Å². The molecule has 1 aromatic carbocycles. The molecule has 4 heteroatoms. The Kier molecular flexibility index (Phi) is 3.42. The monoisotopic (exact) mass is 233 g/mol. The van der Waals surface area contributed by atoms with E-state index in [0.29, 0.717) is 0 Å². The Morgan fingerprint density at radius 1 is 1.29 bits per heavy atom. The highest BCUT2D eigenvalue weighted by molar-refractivity contribution is 5.27. The molecule has 0 fully saturated rings. The predicted octanol–water partition coefficient (Wildman–Crippen LogP) is 2.62. The van der Waals surface area contributed by atoms with Crippen LogP contribution in [0.5, 0.6) is 0 Å². The molecule has 1 aromatic heterocycles. The third kappa shape index (κ3) is 2.84. The minimum absolute atomic E-state index is 0.192. The first-order chi connectivity index (χ1) is 8.19. The van der Waals surface area contributed by atoms with Gasteiger partial charge in [-0.25, -0.2) is 9.37 Å². The first-order valence-electron chi connectivity index (χ1n) is 5.65. The fourth-order valence-corrected chi connectivity index (χ4v) is 1.82. The Labute approximate surface area is 100 Å². The van der Waals surface area contributed by atoms with Crippen LogP contribution >= 0.6 is 0 Å². The highest BCUT2D eigenvalue weighted by Crippen LogP contribution is 2.10. The van der Waals surface area contributed by atoms with Gasteiger partial charge in [0.25, 0.3) is 0 Å². The third-order valence-corrected chi connectivity index (χ3v) is 2.68. The van der Waals surface area contributed by atoms with E-state index in [0.717, 1.165) is 30.2 Å². The molecule has 0 bridgehead atoms. The number of aromatic nitrogens is 2. The van der Waals surface area contributed by atoms with Crippen molar-refractivity contribution < 1.29 is 4.39 Å². The molecule has 0 unspecified atom stereocenters. The molecule has 0 amide bonds. The zero-order valence-corrected chi connectivity index (χ0v) is 10.1. The van der Waals surface area contributed by atoms with E-state index in [9.17, 15) is 4.39 Å². The summed E-state index contributed by atoms with van der Waals surface area (Å²) in [6.07, 6.45) is 2.88. The normalized spacial score (nSPS) is 10.5. The fraction of sp³-hybridized carbons (Fsp3) is 0.308. The largest absolute Gasteiger partial charge is 0.359 e. The van der Waals surface area contributed by atoms with Gasteiger partial charge in [0, 0.05) is 19.8 Å². The maximum Gasteiger partial charge on any atom is 0.202 e. The number of nitrogens with zero attached hydrogens (tertiary/aromatic N) is 2. The van der Waals surface area contributed by atoms with Crippen LogP contribution in [0.3, 0.4) is 0 Å². The number of aryl methyl sites for hydroxylation is 3. The lowest BCUT2D eigenvalue weighted by Crippen LogP contribution is -2.05. The smallest absolute Gasteiger partial charge is 0.202 e. The number of anilines is 1. The van der Waals surface area contributed by atoms with Gasteiger partial charge >= 0.3 is 0 Å². The molecule has 0 aliphatic rings. The van der Waals surface area contributed by atoms with Crippen molar-refractivity contribution in [2.24, 2.45) is 0 Å². The molecule has 1 heterocycles. The first kappa shape index (κ1) is 11.6. The molecule has 0 atom stereocenters. The van der Waals surface area contributed by atoms with Gasteiger partial charge in [0.05, 0.1) is 5.69 Å². The van der Waals surface area contributed by atoms with Crippen LogP contribution in [0.1, 0.15) is 11.3 Å². The Morgan fingerprint density at radius 2 is 2.00 bits per heavy atom. The molecule has 2 aromatic rings. The van der Waals surface area contributed by atoms with Gasteiger partial charge in [0.15, 0.2) is 0 Å². The summed E-state index contributed by atoms with van der Waals surface area (Å²) >= 11 is 0. The van der Waals surface area contributed by atoms with Crippen LogP contribution in [-0.4, -0.2) is 16.6 Å². The van der Waals surface area contributed by atoms with Crippen LogP contribution in [-0.2, 0) is 13.0 Å². The van der Waals surface area contributed by atoms with E-state index in [2.05, 4.69) is 14.9 Å². The average Bonchev–Trinajstić information content (AvgIpc) is 2.69. The van der Waals surface area contributed by atoms with E-state index in [-0.39, 0.29) is 5.82 Å². The third-order valence-electron chi connectivity index (χ3n) is 2.68. The standard InChI is InChI=1S/C13H16FN3/c1-10-9-17(13(15-2)16-10)8-7-11-3-5-12(14)6-4-11/h3-6,9H,7-8H2,1-2H3,(H,15,16). The molecule has 0 spiro atoms. The SMILES string of the molecule is CNc1nc(C)cn1CCc1ccc(F)cc1. The zero-order valence-electron chi connectivity index (χ0n) is 10.1. The van der Waals surface area contributed by atoms with Crippen molar-refractivity contribution in [3.05, 3.63) is 47.5 Å². The summed E-state index contributed by atoms with van der Waals surface area (Å²) in [5, 5.41) is 3.05. The van der Waals surface area contributed by atoms with Crippen LogP contribution < -0.4 is 5.32 Å². The molecule has 0 saturated carbocycles. The van der Waals surface area contributed by atoms with Gasteiger partial charge in [-0.3, -0.25) is 0 Å². The summed E-state index contributed by atoms with van der Waals surface area (Å²) in [6.45, 7) is 2.80. The van der Waals surface area contributed by atoms with Gasteiger partial charge in [-0.2, -0.15) is 0 Å². The van der Waals surface area contributed by atoms with E-state index in [4.69, 9.17) is 0 Å². The maximum atomic E-state index is 12.7. The van der Waals surface area contributed by atoms with E-state index in [1.54, 1.807) is 0 Å². The molecule has 1 N–H and O–H groups in total. The maximum absolute atomic E-state index is 12.7. The van der Waals surface area contributed by atoms with Gasteiger partial charge < -0.3 is 9.88 Å². The molecule has 2 rings (SSSR count). The Hall–Kier alpha value is -1.84. The van der Waals surface area contributed by atoms with Crippen molar-refractivity contribution in [1.82, 2.24) is 9.55 Å². The van der Waals surface area contributed by atoms with Crippen LogP contribution in [0.4, 0.5) is 10.3 Å². The summed E-state index contributed by atoms with van der Waals surface area (Å²) in [7, 11) is 1.86. The zero-order chi connectivity index (χ0) is 12.3. The lowest BCUT2D eigenvalue weighted by Gasteiger charge is -2.06. The lowest BCUT2D eigenvalue weighted by molar-refractivity contribution is 0.625. The van der Waals surface area contributed by atoms with E-state index < -0.39 is 0 Å². The Bertz CT molecular complexity index is 488. The minimum atomic E-state index is -0.192. The molecule has 90 valence electrons. The fourth-order valence-electron chi connectivity index (χ4n) is 1.82. The van der Waals surface area contributed by atoms with E-state index >= 15 is 0 Å². The quantitative estimate of drug-likeness (QED) is 0.879. The predicted molar refractivity (Wildman–Crippen MR) is 66.6 cm³/mol. The summed E-state index contributed by atoms with van der Waals surface area (Å²) in [5.41, 5.74) is 2.12. The molecule has 0 saturated heterocycles. The van der Waals surface area contributed by atoms with E-state index in [1.807, 2.05) is 32.3 Å². The molecule has 0 radical (unpaired) electrons. The topological polar surface area (TPSA) is 29.9 Å². The number of nitrogens with one attached hydrogen (secondary N) is 1. The van der Waals surface area contributed by atoms with Crippen molar-refractivity contribution in [2.75, 3.05) is 12.4 Å². The van der Waals surface area contributed by atoms with Crippen LogP contribution in [0.2, 0.25) is 0 Å². The van der Waals surface area contributed by atoms with Crippen molar-refractivity contribution in [2.45, 2.75) is 19.9 Å². The first-order valence-corrected chi connectivity index (χ1v) is 5.65. The molecule has 0 aliphatic carbocycles. The number of halogens is 1. The molecular weight excluding hydrogens is 217 g/mol. The second-order valence-electron chi connectivity index (χ2n) is 4.03. The highest BCUT2D eigenvalue weighted by Gasteiger charge is 2.03. The van der Waals surface area contributed by atoms with Crippen LogP contribution in [0.25, 0.3) is 0 Å². The summed E-state index contributed by atoms with van der Waals surface area (Å²) in [5.74, 6) is 0.674. The summed E-state index contributed by atoms with van der Waals surface area (Å²) in [4.78, 5) is 4.35. The van der Waals surface area contributed by atoms with Crippen molar-refractivity contribution >= 4 is 5.95 Å². The van der Waals surface area contributed by atoms with Gasteiger partial charge in [-0.15, -0.1) is 0 Å². The number of imidazole rings is 1. The second-order valence-corrected chi connectivity index (χ2v) is 4.03. The molecule has 0 aliphatic heterocycles. The molecule has 3 nitrogen and oxygen atoms in total. The van der Waals surface area contributed by atoms with E-state index in [1.165, 1.54) is 12.1 Å². The van der Waals surface area contributed by atoms with Crippen molar-refractivity contribution in [1.29, 1.82) is 0 Å². The highest BCUT2D eigenvalue weighted by atomic mass is 19.1. The van der Waals surface area contributed by atoms with Gasteiger partial charge in [0.1, 0.15) is 5.82 Å². The number of hydrogen-bond donors (Lipinski definition) is 1. The van der Waals surface area contributed by atoms with Crippen molar-refractivity contribution in [3.8, 4) is 0 Å². The molecular formula is C13H16FN3. The number of benzene rings is 1. The number of rotatable bonds is 4. The van der Waals surface area contributed by atoms with Crippen LogP contribution in [0.15, 0.2) is 30.5 Å². The van der Waals surface area contributed by atoms with Gasteiger partial charge in [-0.1, -0.05) is 12.1 Å². The lowest BCUT2D eigenvalue weighted by atomic mass is 10.1. The van der Waals surface area contributed by atoms with Gasteiger partial charge in [0.2, 0.25) is 5.95 Å². The Morgan fingerprint density at radius 3 is 2.65 bits per heavy atom. The molecule has 17 heavy (non-hydrogen) atoms.